The van der Waals surface area contributed by atoms with E-state index in [1.807, 2.05) is 0 Å². The third-order valence-corrected chi connectivity index (χ3v) is 0.440. The average molecular weight is 142 g/mol. The third-order valence-electron chi connectivity index (χ3n) is 0.440. The highest BCUT2D eigenvalue weighted by Crippen LogP contribution is 1.90. The van der Waals surface area contributed by atoms with Gasteiger partial charge in [0.2, 0.25) is 0 Å². The van der Waals surface area contributed by atoms with Crippen LogP contribution in [0.2, 0.25) is 0 Å². The summed E-state index contributed by atoms with van der Waals surface area (Å²) in [4.78, 5) is 18.9. The van der Waals surface area contributed by atoms with Crippen molar-refractivity contribution in [2.45, 2.75) is 6.92 Å². The number of carbonyl (C=O) groups is 2. The van der Waals surface area contributed by atoms with Crippen LogP contribution in [-0.4, -0.2) is 17.0 Å². The summed E-state index contributed by atoms with van der Waals surface area (Å²) in [7, 11) is 0. The van der Waals surface area contributed by atoms with Crippen molar-refractivity contribution in [1.29, 1.82) is 0 Å². The Balaban J connectivity index is 0.000000180. The predicted octanol–water partition coefficient (Wildman–Crippen LogP) is 0.583. The molecule has 0 unspecified atom stereocenters. The summed E-state index contributed by atoms with van der Waals surface area (Å²) in [5, 5.41) is 13.8. The molecule has 0 radical (unpaired) electrons. The molecule has 0 saturated heterocycles. The van der Waals surface area contributed by atoms with Crippen molar-refractivity contribution in [2.75, 3.05) is 0 Å². The lowest BCUT2D eigenvalue weighted by Gasteiger charge is -1.59. The number of hydrogen-bond donors (Lipinski definition) is 1. The van der Waals surface area contributed by atoms with Gasteiger partial charge in [-0.25, -0.2) is 0 Å². The quantitative estimate of drug-likeness (QED) is 0.537. The van der Waals surface area contributed by atoms with Gasteiger partial charge in [-0.15, -0.1) is 5.11 Å². The number of nitrogens with zero attached hydrogens (tertiary/aromatic N) is 2. The van der Waals surface area contributed by atoms with Crippen molar-refractivity contribution < 1.29 is 14.7 Å². The van der Waals surface area contributed by atoms with Crippen LogP contribution in [0.1, 0.15) is 6.92 Å². The normalized spacial score (nSPS) is 12.7. The molecule has 0 aromatic heterocycles. The Bertz CT molecular complexity index is 177. The molecule has 1 aliphatic heterocycles. The lowest BCUT2D eigenvalue weighted by molar-refractivity contribution is -0.134. The van der Waals surface area contributed by atoms with Gasteiger partial charge in [0.25, 0.3) is 11.9 Å². The summed E-state index contributed by atoms with van der Waals surface area (Å²) in [6.45, 7) is 1.08. The molecule has 10 heavy (non-hydrogen) atoms. The first-order valence-electron chi connectivity index (χ1n) is 2.44. The fourth-order valence-corrected chi connectivity index (χ4v) is 0.221. The van der Waals surface area contributed by atoms with E-state index in [1.165, 1.54) is 12.3 Å². The van der Waals surface area contributed by atoms with Crippen LogP contribution in [0.15, 0.2) is 22.5 Å². The lowest BCUT2D eigenvalue weighted by atomic mass is 10.6. The van der Waals surface area contributed by atoms with E-state index < -0.39 is 5.97 Å². The topological polar surface area (TPSA) is 79.1 Å². The van der Waals surface area contributed by atoms with Gasteiger partial charge < -0.3 is 5.11 Å². The van der Waals surface area contributed by atoms with Gasteiger partial charge >= 0.3 is 0 Å². The fourth-order valence-electron chi connectivity index (χ4n) is 0.221. The van der Waals surface area contributed by atoms with Gasteiger partial charge in [-0.1, -0.05) is 0 Å². The van der Waals surface area contributed by atoms with E-state index in [0.717, 1.165) is 6.92 Å². The molecule has 1 heterocycles. The minimum absolute atomic E-state index is 0.269. The zero-order chi connectivity index (χ0) is 7.98. The smallest absolute Gasteiger partial charge is 0.300 e. The van der Waals surface area contributed by atoms with Gasteiger partial charge in [-0.3, -0.25) is 9.59 Å². The van der Waals surface area contributed by atoms with Crippen molar-refractivity contribution in [3.8, 4) is 0 Å². The predicted molar refractivity (Wildman–Crippen MR) is 32.3 cm³/mol. The number of azo groups is 1. The summed E-state index contributed by atoms with van der Waals surface area (Å²) in [5.41, 5.74) is 0. The molecule has 1 rings (SSSR count). The van der Waals surface area contributed by atoms with E-state index in [9.17, 15) is 4.79 Å². The Morgan fingerprint density at radius 3 is 2.30 bits per heavy atom. The molecular formula is C5H6N2O3. The van der Waals surface area contributed by atoms with Crippen LogP contribution in [0.5, 0.6) is 0 Å². The van der Waals surface area contributed by atoms with Crippen molar-refractivity contribution in [1.82, 2.24) is 0 Å². The Labute approximate surface area is 57.1 Å². The Kier molecular flexibility index (Phi) is 3.70. The molecule has 0 aromatic rings. The molecule has 0 spiro atoms. The summed E-state index contributed by atoms with van der Waals surface area (Å²) in [5.74, 6) is -1.10. The van der Waals surface area contributed by atoms with Gasteiger partial charge in [0.05, 0.1) is 6.20 Å². The number of rotatable bonds is 0. The summed E-state index contributed by atoms with van der Waals surface area (Å²) in [6.07, 6.45) is 2.67. The average Bonchev–Trinajstić information content (AvgIpc) is 2.15. The van der Waals surface area contributed by atoms with Crippen molar-refractivity contribution in [3.63, 3.8) is 0 Å². The van der Waals surface area contributed by atoms with Crippen LogP contribution in [0.25, 0.3) is 0 Å². The second kappa shape index (κ2) is 4.37. The summed E-state index contributed by atoms with van der Waals surface area (Å²) < 4.78 is 0. The van der Waals surface area contributed by atoms with Crippen molar-refractivity contribution in [3.05, 3.63) is 12.3 Å². The highest BCUT2D eigenvalue weighted by molar-refractivity contribution is 5.89. The summed E-state index contributed by atoms with van der Waals surface area (Å²) in [6, 6.07) is 0. The van der Waals surface area contributed by atoms with Gasteiger partial charge in [0.1, 0.15) is 0 Å². The highest BCUT2D eigenvalue weighted by atomic mass is 16.4. The number of amides is 1. The van der Waals surface area contributed by atoms with E-state index in [1.54, 1.807) is 0 Å². The van der Waals surface area contributed by atoms with E-state index in [4.69, 9.17) is 9.90 Å². The monoisotopic (exact) mass is 142 g/mol. The zero-order valence-electron chi connectivity index (χ0n) is 5.31. The maximum absolute atomic E-state index is 9.90. The van der Waals surface area contributed by atoms with Gasteiger partial charge in [-0.2, -0.15) is 5.11 Å². The van der Waals surface area contributed by atoms with Gasteiger partial charge in [0, 0.05) is 13.0 Å². The van der Waals surface area contributed by atoms with Crippen molar-refractivity contribution in [2.24, 2.45) is 10.2 Å². The minimum Gasteiger partial charge on any atom is -0.481 e. The molecule has 5 heteroatoms. The van der Waals surface area contributed by atoms with E-state index in [0.29, 0.717) is 0 Å². The molecule has 0 saturated carbocycles. The third kappa shape index (κ3) is 6.48. The number of hydrogen-bond acceptors (Lipinski definition) is 3. The number of carboxylic acids is 1. The second-order valence-corrected chi connectivity index (χ2v) is 1.39. The standard InChI is InChI=1S/C3H2N2O.C2H4O2/c6-3-1-2-4-5-3;1-2(3)4/h1-2H;1H3,(H,3,4). The molecule has 0 bridgehead atoms. The minimum atomic E-state index is -0.833. The molecule has 1 N–H and O–H groups in total. The first kappa shape index (κ1) is 8.48. The van der Waals surface area contributed by atoms with Crippen LogP contribution in [-0.2, 0) is 9.59 Å². The Hall–Kier alpha value is -1.52. The summed E-state index contributed by atoms with van der Waals surface area (Å²) >= 11 is 0. The molecule has 54 valence electrons. The molecule has 0 atom stereocenters. The Morgan fingerprint density at radius 2 is 2.20 bits per heavy atom. The van der Waals surface area contributed by atoms with Crippen LogP contribution in [0, 0.1) is 0 Å². The highest BCUT2D eigenvalue weighted by Gasteiger charge is 1.92. The number of carbonyl (C=O) groups excluding carboxylic acids is 1. The molecule has 0 aliphatic carbocycles. The first-order chi connectivity index (χ1) is 4.63. The van der Waals surface area contributed by atoms with Crippen LogP contribution < -0.4 is 0 Å². The van der Waals surface area contributed by atoms with E-state index >= 15 is 0 Å². The fraction of sp³-hybridized carbons (Fsp3) is 0.200. The molecule has 1 aliphatic rings. The van der Waals surface area contributed by atoms with Crippen LogP contribution >= 0.6 is 0 Å². The first-order valence-corrected chi connectivity index (χ1v) is 2.44. The lowest BCUT2D eigenvalue weighted by Crippen LogP contribution is -1.78. The number of aliphatic carboxylic acids is 1. The largest absolute Gasteiger partial charge is 0.481 e. The number of carboxylic acid groups (broad SMARTS) is 1. The van der Waals surface area contributed by atoms with Gasteiger partial charge in [-0.05, 0) is 0 Å². The second-order valence-electron chi connectivity index (χ2n) is 1.39. The molecule has 0 fully saturated rings. The van der Waals surface area contributed by atoms with E-state index in [-0.39, 0.29) is 5.91 Å². The zero-order valence-corrected chi connectivity index (χ0v) is 5.31. The molecular weight excluding hydrogens is 136 g/mol. The van der Waals surface area contributed by atoms with E-state index in [2.05, 4.69) is 10.2 Å². The maximum atomic E-state index is 9.90. The van der Waals surface area contributed by atoms with Crippen LogP contribution in [0.3, 0.4) is 0 Å². The van der Waals surface area contributed by atoms with Crippen molar-refractivity contribution >= 4 is 11.9 Å². The maximum Gasteiger partial charge on any atom is 0.300 e. The molecule has 1 amide bonds. The molecule has 5 nitrogen and oxygen atoms in total. The molecule has 0 aromatic carbocycles. The van der Waals surface area contributed by atoms with Gasteiger partial charge in [0.15, 0.2) is 0 Å². The van der Waals surface area contributed by atoms with Crippen LogP contribution in [0.4, 0.5) is 0 Å². The SMILES string of the molecule is CC(=O)O.O=C1C=CN=N1. The Morgan fingerprint density at radius 1 is 1.70 bits per heavy atom.